The van der Waals surface area contributed by atoms with Crippen molar-refractivity contribution in [2.24, 2.45) is 0 Å². The van der Waals surface area contributed by atoms with Gasteiger partial charge in [-0.05, 0) is 61.3 Å². The van der Waals surface area contributed by atoms with E-state index in [2.05, 4.69) is 33.8 Å². The predicted octanol–water partition coefficient (Wildman–Crippen LogP) is 4.95. The average Bonchev–Trinajstić information content (AvgIpc) is 2.78. The molecule has 1 aliphatic heterocycles. The Morgan fingerprint density at radius 2 is 1.80 bits per heavy atom. The molecule has 0 unspecified atom stereocenters. The first kappa shape index (κ1) is 21.8. The summed E-state index contributed by atoms with van der Waals surface area (Å²) in [6.45, 7) is 9.43. The van der Waals surface area contributed by atoms with Crippen molar-refractivity contribution in [1.82, 2.24) is 4.90 Å². The summed E-state index contributed by atoms with van der Waals surface area (Å²) in [7, 11) is 3.88. The van der Waals surface area contributed by atoms with Gasteiger partial charge in [0.15, 0.2) is 5.75 Å². The Bertz CT molecular complexity index is 979. The summed E-state index contributed by atoms with van der Waals surface area (Å²) < 4.78 is 6.30. The maximum absolute atomic E-state index is 13.7. The average molecular weight is 411 g/mol. The van der Waals surface area contributed by atoms with Crippen molar-refractivity contribution in [3.63, 3.8) is 0 Å². The Morgan fingerprint density at radius 1 is 1.10 bits per heavy atom. The van der Waals surface area contributed by atoms with Crippen LogP contribution in [0.3, 0.4) is 0 Å². The summed E-state index contributed by atoms with van der Waals surface area (Å²) in [5, 5.41) is 9.46. The molecule has 0 saturated carbocycles. The number of aromatic carboxylic acids is 1. The molecule has 1 aliphatic rings. The van der Waals surface area contributed by atoms with Crippen molar-refractivity contribution in [3.8, 4) is 11.5 Å². The molecule has 2 aromatic carbocycles. The number of hydrogen-bond acceptors (Lipinski definition) is 4. The lowest BCUT2D eigenvalue weighted by Gasteiger charge is -2.24. The molecule has 1 heterocycles. The Kier molecular flexibility index (Phi) is 6.17. The van der Waals surface area contributed by atoms with Gasteiger partial charge in [0.1, 0.15) is 5.75 Å². The summed E-state index contributed by atoms with van der Waals surface area (Å²) in [6.07, 6.45) is 0. The molecule has 0 atom stereocenters. The number of rotatable bonds is 6. The fourth-order valence-electron chi connectivity index (χ4n) is 3.54. The molecule has 0 aromatic heterocycles. The number of benzene rings is 2. The van der Waals surface area contributed by atoms with Gasteiger partial charge in [0.2, 0.25) is 0 Å². The van der Waals surface area contributed by atoms with E-state index >= 15 is 0 Å². The maximum atomic E-state index is 13.7. The summed E-state index contributed by atoms with van der Waals surface area (Å²) in [6, 6.07) is 8.71. The number of carbonyl (C=O) groups excluding carboxylic acids is 1. The third-order valence-corrected chi connectivity index (χ3v) is 5.38. The van der Waals surface area contributed by atoms with Crippen LogP contribution in [0.4, 0.5) is 5.69 Å². The minimum absolute atomic E-state index is 0.123. The lowest BCUT2D eigenvalue weighted by atomic mass is 9.91. The number of carbonyl (C=O) groups is 2. The lowest BCUT2D eigenvalue weighted by Crippen LogP contribution is -2.36. The van der Waals surface area contributed by atoms with Crippen LogP contribution in [0, 0.1) is 0 Å². The first-order valence-corrected chi connectivity index (χ1v) is 10.3. The largest absolute Gasteiger partial charge is 0.478 e. The van der Waals surface area contributed by atoms with Crippen molar-refractivity contribution >= 4 is 17.6 Å². The van der Waals surface area contributed by atoms with E-state index in [1.165, 1.54) is 12.1 Å². The zero-order valence-electron chi connectivity index (χ0n) is 18.5. The van der Waals surface area contributed by atoms with E-state index < -0.39 is 5.97 Å². The molecule has 0 saturated heterocycles. The van der Waals surface area contributed by atoms with Gasteiger partial charge in [0.05, 0.1) is 16.8 Å². The maximum Gasteiger partial charge on any atom is 0.335 e. The topological polar surface area (TPSA) is 70.1 Å². The van der Waals surface area contributed by atoms with Crippen molar-refractivity contribution in [2.75, 3.05) is 32.1 Å². The highest BCUT2D eigenvalue weighted by Gasteiger charge is 2.31. The SMILES string of the molecule is CC(C)c1cc2c(c(C(C)C)c1)Oc1ccc(C(=O)O)cc1N(CCN(C)C)C2=O. The van der Waals surface area contributed by atoms with Crippen molar-refractivity contribution in [2.45, 2.75) is 39.5 Å². The van der Waals surface area contributed by atoms with E-state index in [4.69, 9.17) is 4.74 Å². The normalized spacial score (nSPS) is 13.4. The van der Waals surface area contributed by atoms with Crippen molar-refractivity contribution in [1.29, 1.82) is 0 Å². The van der Waals surface area contributed by atoms with Gasteiger partial charge >= 0.3 is 5.97 Å². The molecule has 30 heavy (non-hydrogen) atoms. The number of carboxylic acids is 1. The monoisotopic (exact) mass is 410 g/mol. The Labute approximate surface area is 178 Å². The van der Waals surface area contributed by atoms with E-state index in [-0.39, 0.29) is 23.3 Å². The number of ether oxygens (including phenoxy) is 1. The van der Waals surface area contributed by atoms with Crippen LogP contribution in [0.25, 0.3) is 0 Å². The molecule has 1 N–H and O–H groups in total. The zero-order chi connectivity index (χ0) is 22.2. The third-order valence-electron chi connectivity index (χ3n) is 5.38. The number of nitrogens with zero attached hydrogens (tertiary/aromatic N) is 2. The molecular formula is C24H30N2O4. The molecular weight excluding hydrogens is 380 g/mol. The minimum atomic E-state index is -1.04. The molecule has 2 aromatic rings. The van der Waals surface area contributed by atoms with E-state index in [0.717, 1.165) is 11.1 Å². The van der Waals surface area contributed by atoms with Crippen LogP contribution in [-0.2, 0) is 0 Å². The smallest absolute Gasteiger partial charge is 0.335 e. The summed E-state index contributed by atoms with van der Waals surface area (Å²) in [4.78, 5) is 28.9. The summed E-state index contributed by atoms with van der Waals surface area (Å²) >= 11 is 0. The van der Waals surface area contributed by atoms with Crippen LogP contribution in [-0.4, -0.2) is 49.1 Å². The molecule has 0 fully saturated rings. The molecule has 0 aliphatic carbocycles. The van der Waals surface area contributed by atoms with Gasteiger partial charge in [-0.3, -0.25) is 4.79 Å². The van der Waals surface area contributed by atoms with Crippen LogP contribution in [0.15, 0.2) is 30.3 Å². The second-order valence-corrected chi connectivity index (χ2v) is 8.65. The van der Waals surface area contributed by atoms with Crippen molar-refractivity contribution < 1.29 is 19.4 Å². The van der Waals surface area contributed by atoms with Gasteiger partial charge in [-0.1, -0.05) is 33.8 Å². The minimum Gasteiger partial charge on any atom is -0.478 e. The first-order chi connectivity index (χ1) is 14.1. The highest BCUT2D eigenvalue weighted by molar-refractivity contribution is 6.10. The number of fused-ring (bicyclic) bond motifs is 2. The van der Waals surface area contributed by atoms with Gasteiger partial charge in [0, 0.05) is 13.1 Å². The van der Waals surface area contributed by atoms with Crippen LogP contribution in [0.1, 0.15) is 71.4 Å². The molecule has 160 valence electrons. The Balaban J connectivity index is 2.25. The first-order valence-electron chi connectivity index (χ1n) is 10.3. The Morgan fingerprint density at radius 3 is 2.37 bits per heavy atom. The Hall–Kier alpha value is -2.86. The standard InChI is InChI=1S/C24H30N2O4/c1-14(2)17-11-18(15(3)4)22-19(12-17)23(27)26(10-9-25(5)6)20-13-16(24(28)29)7-8-21(20)30-22/h7-8,11-15H,9-10H2,1-6H3,(H,28,29). The van der Waals surface area contributed by atoms with E-state index in [9.17, 15) is 14.7 Å². The highest BCUT2D eigenvalue weighted by atomic mass is 16.5. The van der Waals surface area contributed by atoms with Crippen molar-refractivity contribution in [3.05, 3.63) is 52.6 Å². The number of amides is 1. The second-order valence-electron chi connectivity index (χ2n) is 8.65. The van der Waals surface area contributed by atoms with Gasteiger partial charge in [-0.15, -0.1) is 0 Å². The summed E-state index contributed by atoms with van der Waals surface area (Å²) in [5.74, 6) is 0.281. The van der Waals surface area contributed by atoms with E-state index in [0.29, 0.717) is 35.8 Å². The molecule has 6 nitrogen and oxygen atoms in total. The molecule has 0 spiro atoms. The fraction of sp³-hybridized carbons (Fsp3) is 0.417. The van der Waals surface area contributed by atoms with Gasteiger partial charge in [0.25, 0.3) is 5.91 Å². The van der Waals surface area contributed by atoms with Gasteiger partial charge < -0.3 is 19.6 Å². The molecule has 0 bridgehead atoms. The van der Waals surface area contributed by atoms with E-state index in [1.54, 1.807) is 11.0 Å². The lowest BCUT2D eigenvalue weighted by molar-refractivity contribution is 0.0696. The predicted molar refractivity (Wildman–Crippen MR) is 118 cm³/mol. The summed E-state index contributed by atoms with van der Waals surface area (Å²) in [5.41, 5.74) is 3.19. The van der Waals surface area contributed by atoms with Crippen LogP contribution >= 0.6 is 0 Å². The van der Waals surface area contributed by atoms with Gasteiger partial charge in [-0.25, -0.2) is 4.79 Å². The zero-order valence-corrected chi connectivity index (χ0v) is 18.5. The molecule has 1 amide bonds. The second kappa shape index (κ2) is 8.48. The molecule has 3 rings (SSSR count). The molecule has 0 radical (unpaired) electrons. The quantitative estimate of drug-likeness (QED) is 0.730. The molecule has 6 heteroatoms. The van der Waals surface area contributed by atoms with Crippen LogP contribution in [0.5, 0.6) is 11.5 Å². The van der Waals surface area contributed by atoms with Crippen LogP contribution in [0.2, 0.25) is 0 Å². The number of anilines is 1. The number of hydrogen-bond donors (Lipinski definition) is 1. The van der Waals surface area contributed by atoms with Gasteiger partial charge in [-0.2, -0.15) is 0 Å². The fourth-order valence-corrected chi connectivity index (χ4v) is 3.54. The van der Waals surface area contributed by atoms with Crippen LogP contribution < -0.4 is 9.64 Å². The highest BCUT2D eigenvalue weighted by Crippen LogP contribution is 2.44. The third kappa shape index (κ3) is 4.19. The number of likely N-dealkylation sites (N-methyl/N-ethyl adjacent to an activating group) is 1. The number of carboxylic acid groups (broad SMARTS) is 1. The van der Waals surface area contributed by atoms with E-state index in [1.807, 2.05) is 25.1 Å².